The van der Waals surface area contributed by atoms with Gasteiger partial charge in [-0.3, -0.25) is 0 Å². The number of aliphatic hydroxyl groups is 1. The van der Waals surface area contributed by atoms with Gasteiger partial charge in [0.05, 0.1) is 6.10 Å². The smallest absolute Gasteiger partial charge is 0.143 e. The van der Waals surface area contributed by atoms with Crippen molar-refractivity contribution in [3.63, 3.8) is 0 Å². The molecule has 0 saturated carbocycles. The SMILES string of the molecule is Bc1c(F)cc(F)cc1C(O)CC. The molecule has 4 heteroatoms. The zero-order valence-corrected chi connectivity index (χ0v) is 7.64. The first-order valence-electron chi connectivity index (χ1n) is 4.19. The Labute approximate surface area is 76.8 Å². The lowest BCUT2D eigenvalue weighted by molar-refractivity contribution is 0.174. The Hall–Kier alpha value is -0.895. The van der Waals surface area contributed by atoms with Gasteiger partial charge in [0.1, 0.15) is 19.5 Å². The van der Waals surface area contributed by atoms with Crippen LogP contribution in [-0.4, -0.2) is 13.0 Å². The van der Waals surface area contributed by atoms with Gasteiger partial charge in [0, 0.05) is 6.07 Å². The Kier molecular flexibility index (Phi) is 3.04. The van der Waals surface area contributed by atoms with Crippen LogP contribution in [0.4, 0.5) is 8.78 Å². The standard InChI is InChI=1S/C9H11BF2O/c1-2-8(13)6-3-5(11)4-7(12)9(6)10/h3-4,8,13H,2,10H2,1H3. The minimum atomic E-state index is -0.787. The molecule has 0 heterocycles. The summed E-state index contributed by atoms with van der Waals surface area (Å²) in [6.07, 6.45) is -0.339. The van der Waals surface area contributed by atoms with E-state index in [0.29, 0.717) is 17.4 Å². The van der Waals surface area contributed by atoms with Crippen molar-refractivity contribution in [2.45, 2.75) is 19.4 Å². The van der Waals surface area contributed by atoms with Crippen LogP contribution in [0, 0.1) is 11.6 Å². The van der Waals surface area contributed by atoms with Crippen LogP contribution < -0.4 is 5.46 Å². The molecule has 0 amide bonds. The molecule has 70 valence electrons. The lowest BCUT2D eigenvalue weighted by Gasteiger charge is -2.12. The highest BCUT2D eigenvalue weighted by Gasteiger charge is 2.12. The first kappa shape index (κ1) is 10.2. The average Bonchev–Trinajstić information content (AvgIpc) is 2.10. The van der Waals surface area contributed by atoms with E-state index in [2.05, 4.69) is 0 Å². The van der Waals surface area contributed by atoms with Crippen LogP contribution >= 0.6 is 0 Å². The van der Waals surface area contributed by atoms with E-state index >= 15 is 0 Å². The van der Waals surface area contributed by atoms with E-state index in [-0.39, 0.29) is 0 Å². The van der Waals surface area contributed by atoms with Crippen LogP contribution in [0.5, 0.6) is 0 Å². The van der Waals surface area contributed by atoms with Gasteiger partial charge in [-0.15, -0.1) is 0 Å². The fourth-order valence-corrected chi connectivity index (χ4v) is 1.23. The third kappa shape index (κ3) is 2.07. The molecular formula is C9H11BF2O. The van der Waals surface area contributed by atoms with E-state index in [4.69, 9.17) is 0 Å². The molecule has 1 aromatic carbocycles. The third-order valence-electron chi connectivity index (χ3n) is 2.09. The summed E-state index contributed by atoms with van der Waals surface area (Å²) in [4.78, 5) is 0. The molecule has 0 saturated heterocycles. The number of hydrogen-bond acceptors (Lipinski definition) is 1. The van der Waals surface area contributed by atoms with Crippen LogP contribution in [0.2, 0.25) is 0 Å². The molecular weight excluding hydrogens is 173 g/mol. The molecule has 1 N–H and O–H groups in total. The minimum Gasteiger partial charge on any atom is -0.388 e. The fourth-order valence-electron chi connectivity index (χ4n) is 1.23. The highest BCUT2D eigenvalue weighted by molar-refractivity contribution is 6.33. The summed E-state index contributed by atoms with van der Waals surface area (Å²) >= 11 is 0. The third-order valence-corrected chi connectivity index (χ3v) is 2.09. The summed E-state index contributed by atoms with van der Waals surface area (Å²) in [6.45, 7) is 1.76. The average molecular weight is 184 g/mol. The van der Waals surface area contributed by atoms with E-state index in [9.17, 15) is 13.9 Å². The normalized spacial score (nSPS) is 12.9. The monoisotopic (exact) mass is 184 g/mol. The highest BCUT2D eigenvalue weighted by atomic mass is 19.1. The second kappa shape index (κ2) is 3.88. The number of hydrogen-bond donors (Lipinski definition) is 1. The zero-order chi connectivity index (χ0) is 10.0. The Balaban J connectivity index is 3.20. The van der Waals surface area contributed by atoms with Gasteiger partial charge in [-0.1, -0.05) is 6.92 Å². The van der Waals surface area contributed by atoms with Crippen LogP contribution in [-0.2, 0) is 0 Å². The zero-order valence-electron chi connectivity index (χ0n) is 7.64. The molecule has 0 bridgehead atoms. The lowest BCUT2D eigenvalue weighted by Crippen LogP contribution is -2.18. The second-order valence-corrected chi connectivity index (χ2v) is 3.03. The molecule has 1 rings (SSSR count). The van der Waals surface area contributed by atoms with Crippen molar-refractivity contribution in [1.82, 2.24) is 0 Å². The summed E-state index contributed by atoms with van der Waals surface area (Å²) in [7, 11) is 1.53. The Bertz CT molecular complexity index is 315. The quantitative estimate of drug-likeness (QED) is 0.669. The topological polar surface area (TPSA) is 20.2 Å². The van der Waals surface area contributed by atoms with Crippen molar-refractivity contribution in [2.24, 2.45) is 0 Å². The van der Waals surface area contributed by atoms with Crippen molar-refractivity contribution in [3.8, 4) is 0 Å². The molecule has 13 heavy (non-hydrogen) atoms. The molecule has 0 aliphatic heterocycles. The molecule has 0 aliphatic carbocycles. The van der Waals surface area contributed by atoms with Gasteiger partial charge in [-0.05, 0) is 23.5 Å². The fraction of sp³-hybridized carbons (Fsp3) is 0.333. The van der Waals surface area contributed by atoms with Crippen molar-refractivity contribution in [1.29, 1.82) is 0 Å². The van der Waals surface area contributed by atoms with E-state index in [1.165, 1.54) is 13.9 Å². The molecule has 1 nitrogen and oxygen atoms in total. The molecule has 0 radical (unpaired) electrons. The van der Waals surface area contributed by atoms with Gasteiger partial charge >= 0.3 is 0 Å². The predicted molar refractivity (Wildman–Crippen MR) is 49.8 cm³/mol. The Morgan fingerprint density at radius 1 is 1.46 bits per heavy atom. The van der Waals surface area contributed by atoms with Crippen molar-refractivity contribution < 1.29 is 13.9 Å². The van der Waals surface area contributed by atoms with Gasteiger partial charge in [0.15, 0.2) is 0 Å². The van der Waals surface area contributed by atoms with Gasteiger partial charge < -0.3 is 5.11 Å². The Morgan fingerprint density at radius 2 is 2.08 bits per heavy atom. The first-order valence-corrected chi connectivity index (χ1v) is 4.19. The van der Waals surface area contributed by atoms with Crippen molar-refractivity contribution in [2.75, 3.05) is 0 Å². The summed E-state index contributed by atoms with van der Waals surface area (Å²) in [6, 6.07) is 1.99. The molecule has 1 aromatic rings. The maximum Gasteiger partial charge on any atom is 0.143 e. The molecule has 0 fully saturated rings. The van der Waals surface area contributed by atoms with Gasteiger partial charge in [-0.2, -0.15) is 0 Å². The van der Waals surface area contributed by atoms with Crippen LogP contribution in [0.1, 0.15) is 25.0 Å². The van der Waals surface area contributed by atoms with Gasteiger partial charge in [-0.25, -0.2) is 8.78 Å². The number of halogens is 2. The van der Waals surface area contributed by atoms with Gasteiger partial charge in [0.2, 0.25) is 0 Å². The maximum atomic E-state index is 13.0. The summed E-state index contributed by atoms with van der Waals surface area (Å²) in [5.74, 6) is -1.26. The molecule has 0 aliphatic rings. The number of benzene rings is 1. The highest BCUT2D eigenvalue weighted by Crippen LogP contribution is 2.15. The minimum absolute atomic E-state index is 0.316. The van der Waals surface area contributed by atoms with Crippen LogP contribution in [0.15, 0.2) is 12.1 Å². The van der Waals surface area contributed by atoms with Gasteiger partial charge in [0.25, 0.3) is 0 Å². The van der Waals surface area contributed by atoms with E-state index < -0.39 is 17.7 Å². The van der Waals surface area contributed by atoms with E-state index in [1.807, 2.05) is 0 Å². The predicted octanol–water partition coefficient (Wildman–Crippen LogP) is 0.667. The summed E-state index contributed by atoms with van der Waals surface area (Å²) < 4.78 is 25.7. The molecule has 1 unspecified atom stereocenters. The maximum absolute atomic E-state index is 13.0. The second-order valence-electron chi connectivity index (χ2n) is 3.03. The summed E-state index contributed by atoms with van der Waals surface area (Å²) in [5.41, 5.74) is 0.649. The van der Waals surface area contributed by atoms with Crippen molar-refractivity contribution >= 4 is 13.3 Å². The summed E-state index contributed by atoms with van der Waals surface area (Å²) in [5, 5.41) is 9.43. The van der Waals surface area contributed by atoms with E-state index in [0.717, 1.165) is 6.07 Å². The van der Waals surface area contributed by atoms with Crippen LogP contribution in [0.3, 0.4) is 0 Å². The van der Waals surface area contributed by atoms with Crippen molar-refractivity contribution in [3.05, 3.63) is 29.3 Å². The van der Waals surface area contributed by atoms with E-state index in [1.54, 1.807) is 6.92 Å². The lowest BCUT2D eigenvalue weighted by atomic mass is 9.86. The molecule has 0 spiro atoms. The number of rotatable bonds is 2. The molecule has 1 atom stereocenters. The van der Waals surface area contributed by atoms with Crippen LogP contribution in [0.25, 0.3) is 0 Å². The number of aliphatic hydroxyl groups excluding tert-OH is 1. The molecule has 0 aromatic heterocycles. The first-order chi connectivity index (χ1) is 6.06. The Morgan fingerprint density at radius 3 is 2.62 bits per heavy atom. The largest absolute Gasteiger partial charge is 0.388 e.